The second-order valence-corrected chi connectivity index (χ2v) is 2.93. The maximum absolute atomic E-state index is 8.80. The lowest BCUT2D eigenvalue weighted by Gasteiger charge is -2.15. The van der Waals surface area contributed by atoms with Gasteiger partial charge in [-0.25, -0.2) is 4.98 Å². The first kappa shape index (κ1) is 9.06. The van der Waals surface area contributed by atoms with Crippen LogP contribution in [0.4, 0.5) is 5.82 Å². The highest BCUT2D eigenvalue weighted by Crippen LogP contribution is 2.12. The van der Waals surface area contributed by atoms with E-state index in [4.69, 9.17) is 5.11 Å². The fourth-order valence-electron chi connectivity index (χ4n) is 1.19. The molecule has 12 heavy (non-hydrogen) atoms. The first-order chi connectivity index (χ1) is 5.66. The highest BCUT2D eigenvalue weighted by molar-refractivity contribution is 5.36. The Hall–Kier alpha value is -1.03. The number of rotatable bonds is 3. The number of aliphatic hydroxyl groups is 1. The zero-order valence-electron chi connectivity index (χ0n) is 7.78. The molecule has 68 valence electrons. The van der Waals surface area contributed by atoms with Crippen molar-refractivity contribution in [2.24, 2.45) is 0 Å². The summed E-state index contributed by atoms with van der Waals surface area (Å²) in [7, 11) is 3.93. The van der Waals surface area contributed by atoms with Crippen LogP contribution in [0.1, 0.15) is 5.82 Å². The third-order valence-electron chi connectivity index (χ3n) is 1.82. The van der Waals surface area contributed by atoms with Crippen molar-refractivity contribution in [2.45, 2.75) is 13.5 Å². The Bertz CT molecular complexity index is 255. The number of aryl methyl sites for hydroxylation is 1. The van der Waals surface area contributed by atoms with Gasteiger partial charge >= 0.3 is 0 Å². The van der Waals surface area contributed by atoms with Gasteiger partial charge in [0.05, 0.1) is 12.8 Å². The molecule has 0 spiro atoms. The number of hydrogen-bond acceptors (Lipinski definition) is 3. The van der Waals surface area contributed by atoms with Gasteiger partial charge in [0.1, 0.15) is 11.6 Å². The lowest BCUT2D eigenvalue weighted by Crippen LogP contribution is -2.16. The van der Waals surface area contributed by atoms with Gasteiger partial charge in [0, 0.05) is 20.6 Å². The van der Waals surface area contributed by atoms with Crippen LogP contribution in [0.5, 0.6) is 0 Å². The fraction of sp³-hybridized carbons (Fsp3) is 0.625. The molecule has 0 aliphatic carbocycles. The lowest BCUT2D eigenvalue weighted by molar-refractivity contribution is 0.275. The zero-order valence-corrected chi connectivity index (χ0v) is 7.78. The van der Waals surface area contributed by atoms with E-state index in [1.165, 1.54) is 0 Å². The minimum absolute atomic E-state index is 0.151. The van der Waals surface area contributed by atoms with Gasteiger partial charge in [-0.1, -0.05) is 0 Å². The Morgan fingerprint density at radius 1 is 1.58 bits per heavy atom. The van der Waals surface area contributed by atoms with E-state index in [0.29, 0.717) is 6.54 Å². The van der Waals surface area contributed by atoms with E-state index < -0.39 is 0 Å². The van der Waals surface area contributed by atoms with Crippen molar-refractivity contribution in [3.05, 3.63) is 12.0 Å². The molecule has 4 nitrogen and oxygen atoms in total. The average molecular weight is 169 g/mol. The predicted octanol–water partition coefficient (Wildman–Crippen LogP) is 0.250. The summed E-state index contributed by atoms with van der Waals surface area (Å²) in [6, 6.07) is 0. The van der Waals surface area contributed by atoms with E-state index in [2.05, 4.69) is 4.98 Å². The van der Waals surface area contributed by atoms with Gasteiger partial charge in [-0.2, -0.15) is 0 Å². The molecule has 0 unspecified atom stereocenters. The monoisotopic (exact) mass is 169 g/mol. The van der Waals surface area contributed by atoms with Crippen LogP contribution in [0, 0.1) is 6.92 Å². The van der Waals surface area contributed by atoms with Crippen molar-refractivity contribution < 1.29 is 5.11 Å². The Labute approximate surface area is 72.4 Å². The smallest absolute Gasteiger partial charge is 0.128 e. The van der Waals surface area contributed by atoms with Crippen molar-refractivity contribution in [1.29, 1.82) is 0 Å². The van der Waals surface area contributed by atoms with Crippen LogP contribution in [0.15, 0.2) is 6.20 Å². The third-order valence-corrected chi connectivity index (χ3v) is 1.82. The zero-order chi connectivity index (χ0) is 9.14. The highest BCUT2D eigenvalue weighted by atomic mass is 16.3. The molecule has 1 N–H and O–H groups in total. The predicted molar refractivity (Wildman–Crippen MR) is 48.4 cm³/mol. The van der Waals surface area contributed by atoms with E-state index in [-0.39, 0.29) is 6.61 Å². The van der Waals surface area contributed by atoms with Crippen LogP contribution in [-0.2, 0) is 6.54 Å². The van der Waals surface area contributed by atoms with Crippen molar-refractivity contribution in [3.63, 3.8) is 0 Å². The molecule has 0 saturated carbocycles. The summed E-state index contributed by atoms with van der Waals surface area (Å²) in [5, 5.41) is 8.80. The molecular weight excluding hydrogens is 154 g/mol. The molecule has 1 aromatic heterocycles. The maximum Gasteiger partial charge on any atom is 0.128 e. The van der Waals surface area contributed by atoms with Crippen molar-refractivity contribution >= 4 is 5.82 Å². The molecule has 0 fully saturated rings. The first-order valence-electron chi connectivity index (χ1n) is 3.97. The standard InChI is InChI=1S/C8H15N3O/c1-7-9-6-8(10(2)3)11(7)4-5-12/h6,12H,4-5H2,1-3H3. The second-order valence-electron chi connectivity index (χ2n) is 2.93. The molecular formula is C8H15N3O. The highest BCUT2D eigenvalue weighted by Gasteiger charge is 2.06. The molecule has 1 aromatic rings. The quantitative estimate of drug-likeness (QED) is 0.705. The molecule has 0 aliphatic rings. The number of nitrogens with zero attached hydrogens (tertiary/aromatic N) is 3. The molecule has 0 aliphatic heterocycles. The van der Waals surface area contributed by atoms with Gasteiger partial charge in [0.2, 0.25) is 0 Å². The summed E-state index contributed by atoms with van der Waals surface area (Å²) in [4.78, 5) is 6.15. The SMILES string of the molecule is Cc1ncc(N(C)C)n1CCO. The fourth-order valence-corrected chi connectivity index (χ4v) is 1.19. The minimum atomic E-state index is 0.151. The Morgan fingerprint density at radius 3 is 2.75 bits per heavy atom. The summed E-state index contributed by atoms with van der Waals surface area (Å²) >= 11 is 0. The normalized spacial score (nSPS) is 10.3. The van der Waals surface area contributed by atoms with Crippen LogP contribution in [-0.4, -0.2) is 35.4 Å². The number of aromatic nitrogens is 2. The minimum Gasteiger partial charge on any atom is -0.395 e. The molecule has 4 heteroatoms. The number of anilines is 1. The number of imidazole rings is 1. The second kappa shape index (κ2) is 3.58. The Balaban J connectivity index is 2.95. The maximum atomic E-state index is 8.80. The summed E-state index contributed by atoms with van der Waals surface area (Å²) in [6.45, 7) is 2.69. The van der Waals surface area contributed by atoms with Crippen molar-refractivity contribution in [1.82, 2.24) is 9.55 Å². The van der Waals surface area contributed by atoms with Crippen LogP contribution in [0.25, 0.3) is 0 Å². The molecule has 0 atom stereocenters. The van der Waals surface area contributed by atoms with E-state index in [0.717, 1.165) is 11.6 Å². The summed E-state index contributed by atoms with van der Waals surface area (Å²) < 4.78 is 1.99. The van der Waals surface area contributed by atoms with Gasteiger partial charge < -0.3 is 14.6 Å². The molecule has 0 aromatic carbocycles. The van der Waals surface area contributed by atoms with E-state index in [1.54, 1.807) is 0 Å². The molecule has 1 heterocycles. The van der Waals surface area contributed by atoms with Crippen LogP contribution in [0.2, 0.25) is 0 Å². The Kier molecular flexibility index (Phi) is 2.70. The first-order valence-corrected chi connectivity index (χ1v) is 3.97. The van der Waals surface area contributed by atoms with E-state index in [9.17, 15) is 0 Å². The topological polar surface area (TPSA) is 41.3 Å². The largest absolute Gasteiger partial charge is 0.395 e. The van der Waals surface area contributed by atoms with Crippen LogP contribution in [0.3, 0.4) is 0 Å². The van der Waals surface area contributed by atoms with Gasteiger partial charge in [0.15, 0.2) is 0 Å². The van der Waals surface area contributed by atoms with Crippen LogP contribution < -0.4 is 4.90 Å². The van der Waals surface area contributed by atoms with Gasteiger partial charge in [-0.05, 0) is 6.92 Å². The molecule has 0 amide bonds. The number of hydrogen-bond donors (Lipinski definition) is 1. The Morgan fingerprint density at radius 2 is 2.25 bits per heavy atom. The molecule has 0 bridgehead atoms. The molecule has 1 rings (SSSR count). The summed E-state index contributed by atoms with van der Waals surface area (Å²) in [6.07, 6.45) is 1.81. The van der Waals surface area contributed by atoms with Gasteiger partial charge in [-0.3, -0.25) is 0 Å². The van der Waals surface area contributed by atoms with Gasteiger partial charge in [0.25, 0.3) is 0 Å². The van der Waals surface area contributed by atoms with Crippen molar-refractivity contribution in [3.8, 4) is 0 Å². The average Bonchev–Trinajstić information content (AvgIpc) is 2.34. The lowest BCUT2D eigenvalue weighted by atomic mass is 10.5. The molecule has 0 saturated heterocycles. The summed E-state index contributed by atoms with van der Waals surface area (Å²) in [5.41, 5.74) is 0. The summed E-state index contributed by atoms with van der Waals surface area (Å²) in [5.74, 6) is 1.97. The van der Waals surface area contributed by atoms with Crippen molar-refractivity contribution in [2.75, 3.05) is 25.6 Å². The molecule has 0 radical (unpaired) electrons. The van der Waals surface area contributed by atoms with E-state index in [1.807, 2.05) is 36.7 Å². The third kappa shape index (κ3) is 1.58. The van der Waals surface area contributed by atoms with E-state index >= 15 is 0 Å². The number of aliphatic hydroxyl groups excluding tert-OH is 1. The van der Waals surface area contributed by atoms with Crippen LogP contribution >= 0.6 is 0 Å². The van der Waals surface area contributed by atoms with Gasteiger partial charge in [-0.15, -0.1) is 0 Å².